The van der Waals surface area contributed by atoms with Gasteiger partial charge in [-0.15, -0.1) is 0 Å². The number of hydrogen-bond acceptors (Lipinski definition) is 3. The van der Waals surface area contributed by atoms with Crippen LogP contribution in [0.2, 0.25) is 0 Å². The Labute approximate surface area is 78.0 Å². The lowest BCUT2D eigenvalue weighted by molar-refractivity contribution is -0.730. The van der Waals surface area contributed by atoms with Gasteiger partial charge in [-0.1, -0.05) is 4.68 Å². The molecule has 1 aromatic heterocycles. The maximum atomic E-state index is 11.9. The molecule has 0 aliphatic carbocycles. The Bertz CT molecular complexity index is 323. The van der Waals surface area contributed by atoms with Crippen molar-refractivity contribution in [3.8, 4) is 0 Å². The second kappa shape index (κ2) is 3.99. The van der Waals surface area contributed by atoms with Crippen LogP contribution < -0.4 is 9.99 Å². The van der Waals surface area contributed by atoms with Crippen LogP contribution in [0.15, 0.2) is 18.5 Å². The van der Waals surface area contributed by atoms with Gasteiger partial charge in [-0.2, -0.15) is 0 Å². The van der Waals surface area contributed by atoms with Crippen LogP contribution >= 0.6 is 7.37 Å². The van der Waals surface area contributed by atoms with Crippen LogP contribution in [0.5, 0.6) is 0 Å². The Morgan fingerprint density at radius 1 is 1.69 bits per heavy atom. The molecule has 0 aromatic carbocycles. The first-order chi connectivity index (χ1) is 6.06. The summed E-state index contributed by atoms with van der Waals surface area (Å²) in [5.41, 5.74) is 0. The highest BCUT2D eigenvalue weighted by Gasteiger charge is 2.19. The molecule has 0 fully saturated rings. The molecule has 0 N–H and O–H groups in total. The van der Waals surface area contributed by atoms with Gasteiger partial charge in [-0.05, 0) is 12.0 Å². The summed E-state index contributed by atoms with van der Waals surface area (Å²) in [6.07, 6.45) is 3.33. The number of hydrogen-bond donors (Lipinski definition) is 0. The van der Waals surface area contributed by atoms with E-state index in [4.69, 9.17) is 4.52 Å². The fraction of sp³-hybridized carbons (Fsp3) is 0.500. The Morgan fingerprint density at radius 3 is 2.85 bits per heavy atom. The van der Waals surface area contributed by atoms with E-state index in [0.717, 1.165) is 0 Å². The number of aromatic nitrogens is 2. The first-order valence-electron chi connectivity index (χ1n) is 4.11. The monoisotopic (exact) mass is 201 g/mol. The van der Waals surface area contributed by atoms with E-state index in [-0.39, 0.29) is 0 Å². The van der Waals surface area contributed by atoms with Crippen molar-refractivity contribution in [3.05, 3.63) is 18.5 Å². The highest BCUT2D eigenvalue weighted by molar-refractivity contribution is 7.66. The van der Waals surface area contributed by atoms with E-state index in [2.05, 4.69) is 5.10 Å². The van der Waals surface area contributed by atoms with Crippen molar-refractivity contribution in [2.45, 2.75) is 6.92 Å². The standard InChI is InChI=1S/C8H14N2O2P/c1-4-12-13(3,11)8-5-6-10(2)9-7-8/h5-7H,4H2,1-3H3/q+1. The molecule has 0 saturated heterocycles. The number of aryl methyl sites for hydroxylation is 1. The third-order valence-electron chi connectivity index (χ3n) is 1.68. The molecule has 5 heteroatoms. The maximum Gasteiger partial charge on any atom is 0.231 e. The fourth-order valence-corrected chi connectivity index (χ4v) is 2.22. The lowest BCUT2D eigenvalue weighted by Crippen LogP contribution is -2.33. The van der Waals surface area contributed by atoms with Gasteiger partial charge in [0.25, 0.3) is 0 Å². The van der Waals surface area contributed by atoms with Crippen LogP contribution in [0.4, 0.5) is 0 Å². The third-order valence-corrected chi connectivity index (χ3v) is 3.63. The number of nitrogens with zero attached hydrogens (tertiary/aromatic N) is 2. The van der Waals surface area contributed by atoms with Crippen LogP contribution in [-0.2, 0) is 16.1 Å². The molecule has 0 amide bonds. The molecule has 1 heterocycles. The first kappa shape index (κ1) is 10.4. The van der Waals surface area contributed by atoms with Gasteiger partial charge in [0.05, 0.1) is 11.9 Å². The van der Waals surface area contributed by atoms with E-state index in [1.807, 2.05) is 14.0 Å². The molecule has 72 valence electrons. The van der Waals surface area contributed by atoms with Crippen LogP contribution in [0.25, 0.3) is 0 Å². The minimum atomic E-state index is -2.64. The summed E-state index contributed by atoms with van der Waals surface area (Å²) in [7, 11) is -0.830. The minimum Gasteiger partial charge on any atom is -0.326 e. The zero-order chi connectivity index (χ0) is 9.90. The van der Waals surface area contributed by atoms with Crippen LogP contribution in [0.1, 0.15) is 6.92 Å². The van der Waals surface area contributed by atoms with E-state index < -0.39 is 7.37 Å². The summed E-state index contributed by atoms with van der Waals surface area (Å²) in [5, 5.41) is 4.65. The Hall–Kier alpha value is -0.730. The molecule has 0 aliphatic rings. The lowest BCUT2D eigenvalue weighted by atomic mass is 10.6. The van der Waals surface area contributed by atoms with Crippen molar-refractivity contribution in [2.24, 2.45) is 7.05 Å². The Balaban J connectivity index is 2.94. The molecule has 0 saturated carbocycles. The van der Waals surface area contributed by atoms with Crippen LogP contribution in [0, 0.1) is 0 Å². The van der Waals surface area contributed by atoms with Crippen molar-refractivity contribution in [1.82, 2.24) is 5.10 Å². The Morgan fingerprint density at radius 2 is 2.38 bits per heavy atom. The summed E-state index contributed by atoms with van der Waals surface area (Å²) >= 11 is 0. The second-order valence-corrected chi connectivity index (χ2v) is 5.29. The van der Waals surface area contributed by atoms with Gasteiger partial charge in [-0.25, -0.2) is 0 Å². The van der Waals surface area contributed by atoms with Crippen molar-refractivity contribution in [3.63, 3.8) is 0 Å². The van der Waals surface area contributed by atoms with Crippen molar-refractivity contribution in [1.29, 1.82) is 0 Å². The molecule has 1 rings (SSSR count). The van der Waals surface area contributed by atoms with Crippen LogP contribution in [-0.4, -0.2) is 18.4 Å². The van der Waals surface area contributed by atoms with Crippen molar-refractivity contribution in [2.75, 3.05) is 13.3 Å². The molecule has 0 aliphatic heterocycles. The fourth-order valence-electron chi connectivity index (χ4n) is 0.977. The minimum absolute atomic E-state index is 0.453. The van der Waals surface area contributed by atoms with E-state index in [9.17, 15) is 4.57 Å². The zero-order valence-corrected chi connectivity index (χ0v) is 8.99. The SMILES string of the molecule is CCOP(C)(=O)c1cc[n+](C)nc1. The van der Waals surface area contributed by atoms with Gasteiger partial charge in [-0.3, -0.25) is 4.57 Å². The molecule has 1 unspecified atom stereocenters. The average molecular weight is 201 g/mol. The first-order valence-corrected chi connectivity index (χ1v) is 6.18. The summed E-state index contributed by atoms with van der Waals surface area (Å²) in [5.74, 6) is 0. The summed E-state index contributed by atoms with van der Waals surface area (Å²) in [6.45, 7) is 3.88. The molecule has 0 bridgehead atoms. The second-order valence-electron chi connectivity index (χ2n) is 2.82. The average Bonchev–Trinajstić information content (AvgIpc) is 2.05. The van der Waals surface area contributed by atoms with Gasteiger partial charge in [0.15, 0.2) is 13.2 Å². The lowest BCUT2D eigenvalue weighted by Gasteiger charge is -2.10. The van der Waals surface area contributed by atoms with Gasteiger partial charge in [0, 0.05) is 12.7 Å². The smallest absolute Gasteiger partial charge is 0.231 e. The third kappa shape index (κ3) is 2.61. The van der Waals surface area contributed by atoms with Crippen molar-refractivity contribution >= 4 is 12.7 Å². The molecule has 1 aromatic rings. The molecule has 0 spiro atoms. The van der Waals surface area contributed by atoms with Gasteiger partial charge >= 0.3 is 0 Å². The summed E-state index contributed by atoms with van der Waals surface area (Å²) in [6, 6.07) is 1.77. The van der Waals surface area contributed by atoms with E-state index in [0.29, 0.717) is 11.9 Å². The highest BCUT2D eigenvalue weighted by atomic mass is 31.2. The van der Waals surface area contributed by atoms with Crippen LogP contribution in [0.3, 0.4) is 0 Å². The molecule has 13 heavy (non-hydrogen) atoms. The van der Waals surface area contributed by atoms with E-state index in [1.54, 1.807) is 29.8 Å². The molecule has 4 nitrogen and oxygen atoms in total. The van der Waals surface area contributed by atoms with E-state index >= 15 is 0 Å². The summed E-state index contributed by atoms with van der Waals surface area (Å²) in [4.78, 5) is 0. The normalized spacial score (nSPS) is 15.3. The molecule has 1 atom stereocenters. The molecular formula is C8H14N2O2P+. The van der Waals surface area contributed by atoms with Gasteiger partial charge in [0.2, 0.25) is 7.37 Å². The highest BCUT2D eigenvalue weighted by Crippen LogP contribution is 2.40. The number of rotatable bonds is 3. The molecular weight excluding hydrogens is 187 g/mol. The largest absolute Gasteiger partial charge is 0.326 e. The molecule has 0 radical (unpaired) electrons. The predicted octanol–water partition coefficient (Wildman–Crippen LogP) is 0.476. The van der Waals surface area contributed by atoms with Gasteiger partial charge in [0.1, 0.15) is 6.20 Å². The topological polar surface area (TPSA) is 43.1 Å². The zero-order valence-electron chi connectivity index (χ0n) is 8.10. The maximum absolute atomic E-state index is 11.9. The Kier molecular flexibility index (Phi) is 3.17. The van der Waals surface area contributed by atoms with E-state index in [1.165, 1.54) is 0 Å². The summed E-state index contributed by atoms with van der Waals surface area (Å²) < 4.78 is 18.7. The van der Waals surface area contributed by atoms with Crippen molar-refractivity contribution < 1.29 is 13.8 Å². The van der Waals surface area contributed by atoms with Gasteiger partial charge < -0.3 is 4.52 Å². The predicted molar refractivity (Wildman–Crippen MR) is 50.2 cm³/mol. The quantitative estimate of drug-likeness (QED) is 0.527.